The molecule has 0 aliphatic carbocycles. The quantitative estimate of drug-likeness (QED) is 0.475. The summed E-state index contributed by atoms with van der Waals surface area (Å²) in [4.78, 5) is 12.0. The molecule has 0 atom stereocenters. The Bertz CT molecular complexity index is 918. The Morgan fingerprint density at radius 3 is 2.25 bits per heavy atom. The van der Waals surface area contributed by atoms with E-state index in [4.69, 9.17) is 4.74 Å². The fourth-order valence-corrected chi connectivity index (χ4v) is 3.24. The molecule has 2 heterocycles. The highest BCUT2D eigenvalue weighted by atomic mass is 32.1. The van der Waals surface area contributed by atoms with Crippen LogP contribution in [0.1, 0.15) is 11.1 Å². The maximum atomic E-state index is 12.0. The number of ether oxygens (including phenoxy) is 1. The summed E-state index contributed by atoms with van der Waals surface area (Å²) < 4.78 is 5.41. The standard InChI is InChI=1S/C21H14O2S/c22-21-19(12-15-10-11-24-14-15)13-20(23-21)18-8-6-17(7-9-18)16-4-2-1-3-5-16/h1-14H/b19-12+. The summed E-state index contributed by atoms with van der Waals surface area (Å²) in [6.45, 7) is 0. The lowest BCUT2D eigenvalue weighted by Gasteiger charge is -2.04. The fourth-order valence-electron chi connectivity index (χ4n) is 2.63. The lowest BCUT2D eigenvalue weighted by Crippen LogP contribution is -1.96. The number of esters is 1. The van der Waals surface area contributed by atoms with E-state index in [-0.39, 0.29) is 5.97 Å². The molecule has 0 amide bonds. The van der Waals surface area contributed by atoms with E-state index >= 15 is 0 Å². The monoisotopic (exact) mass is 330 g/mol. The van der Waals surface area contributed by atoms with Crippen LogP contribution in [0.15, 0.2) is 83.1 Å². The van der Waals surface area contributed by atoms with Crippen molar-refractivity contribution in [3.05, 3.63) is 94.2 Å². The van der Waals surface area contributed by atoms with Gasteiger partial charge in [0.2, 0.25) is 0 Å². The number of carbonyl (C=O) groups excluding carboxylic acids is 1. The summed E-state index contributed by atoms with van der Waals surface area (Å²) in [5.41, 5.74) is 4.80. The zero-order valence-corrected chi connectivity index (χ0v) is 13.6. The van der Waals surface area contributed by atoms with Gasteiger partial charge < -0.3 is 4.74 Å². The van der Waals surface area contributed by atoms with E-state index in [9.17, 15) is 4.79 Å². The molecule has 24 heavy (non-hydrogen) atoms. The van der Waals surface area contributed by atoms with Gasteiger partial charge in [0.05, 0.1) is 5.57 Å². The van der Waals surface area contributed by atoms with Gasteiger partial charge in [-0.2, -0.15) is 11.3 Å². The van der Waals surface area contributed by atoms with Crippen molar-refractivity contribution >= 4 is 29.1 Å². The molecule has 0 saturated carbocycles. The number of benzene rings is 2. The first-order valence-electron chi connectivity index (χ1n) is 7.63. The summed E-state index contributed by atoms with van der Waals surface area (Å²) in [6.07, 6.45) is 3.65. The number of cyclic esters (lactones) is 1. The lowest BCUT2D eigenvalue weighted by molar-refractivity contribution is -0.130. The van der Waals surface area contributed by atoms with E-state index in [1.807, 2.05) is 65.4 Å². The Morgan fingerprint density at radius 1 is 0.833 bits per heavy atom. The van der Waals surface area contributed by atoms with Gasteiger partial charge in [-0.3, -0.25) is 0 Å². The second kappa shape index (κ2) is 6.30. The van der Waals surface area contributed by atoms with Gasteiger partial charge in [0.1, 0.15) is 5.76 Å². The number of hydrogen-bond acceptors (Lipinski definition) is 3. The zero-order chi connectivity index (χ0) is 16.4. The van der Waals surface area contributed by atoms with E-state index in [2.05, 4.69) is 12.1 Å². The smallest absolute Gasteiger partial charge is 0.343 e. The third kappa shape index (κ3) is 2.94. The van der Waals surface area contributed by atoms with Crippen molar-refractivity contribution in [3.8, 4) is 11.1 Å². The van der Waals surface area contributed by atoms with Crippen LogP contribution in [0.4, 0.5) is 0 Å². The molecule has 2 aromatic carbocycles. The molecule has 3 heteroatoms. The van der Waals surface area contributed by atoms with Gasteiger partial charge in [-0.25, -0.2) is 4.79 Å². The first kappa shape index (κ1) is 14.7. The minimum atomic E-state index is -0.302. The molecule has 0 spiro atoms. The SMILES string of the molecule is O=C1OC(c2ccc(-c3ccccc3)cc2)=C/C1=C\c1ccsc1. The van der Waals surface area contributed by atoms with Gasteiger partial charge in [-0.05, 0) is 45.7 Å². The molecule has 0 radical (unpaired) electrons. The van der Waals surface area contributed by atoms with E-state index < -0.39 is 0 Å². The van der Waals surface area contributed by atoms with Gasteiger partial charge in [0.15, 0.2) is 0 Å². The van der Waals surface area contributed by atoms with Crippen LogP contribution in [0.25, 0.3) is 23.0 Å². The van der Waals surface area contributed by atoms with Gasteiger partial charge in [0, 0.05) is 5.56 Å². The molecule has 0 fully saturated rings. The average Bonchev–Trinajstić information content (AvgIpc) is 3.27. The van der Waals surface area contributed by atoms with Crippen LogP contribution in [0.5, 0.6) is 0 Å². The predicted octanol–water partition coefficient (Wildman–Crippen LogP) is 5.40. The Hall–Kier alpha value is -2.91. The molecule has 1 aliphatic rings. The maximum absolute atomic E-state index is 12.0. The molecule has 0 N–H and O–H groups in total. The Morgan fingerprint density at radius 2 is 1.54 bits per heavy atom. The molecule has 1 aliphatic heterocycles. The molecule has 4 rings (SSSR count). The summed E-state index contributed by atoms with van der Waals surface area (Å²) in [6, 6.07) is 20.2. The highest BCUT2D eigenvalue weighted by Gasteiger charge is 2.21. The van der Waals surface area contributed by atoms with Crippen molar-refractivity contribution in [1.82, 2.24) is 0 Å². The highest BCUT2D eigenvalue weighted by molar-refractivity contribution is 7.08. The van der Waals surface area contributed by atoms with Crippen LogP contribution in [0.2, 0.25) is 0 Å². The molecule has 116 valence electrons. The Labute approximate surface area is 144 Å². The van der Waals surface area contributed by atoms with Crippen LogP contribution in [0, 0.1) is 0 Å². The molecule has 3 aromatic rings. The van der Waals surface area contributed by atoms with Crippen molar-refractivity contribution < 1.29 is 9.53 Å². The van der Waals surface area contributed by atoms with E-state index in [1.54, 1.807) is 17.4 Å². The van der Waals surface area contributed by atoms with Crippen molar-refractivity contribution in [3.63, 3.8) is 0 Å². The number of hydrogen-bond donors (Lipinski definition) is 0. The van der Waals surface area contributed by atoms with Gasteiger partial charge in [-0.15, -0.1) is 0 Å². The summed E-state index contributed by atoms with van der Waals surface area (Å²) in [7, 11) is 0. The molecule has 0 unspecified atom stereocenters. The van der Waals surface area contributed by atoms with E-state index in [0.29, 0.717) is 11.3 Å². The topological polar surface area (TPSA) is 26.3 Å². The Kier molecular flexibility index (Phi) is 3.85. The van der Waals surface area contributed by atoms with E-state index in [0.717, 1.165) is 16.7 Å². The average molecular weight is 330 g/mol. The summed E-state index contributed by atoms with van der Waals surface area (Å²) in [5, 5.41) is 3.99. The lowest BCUT2D eigenvalue weighted by atomic mass is 10.0. The fraction of sp³-hybridized carbons (Fsp3) is 0. The molecular weight excluding hydrogens is 316 g/mol. The van der Waals surface area contributed by atoms with Crippen molar-refractivity contribution in [2.75, 3.05) is 0 Å². The summed E-state index contributed by atoms with van der Waals surface area (Å²) >= 11 is 1.60. The van der Waals surface area contributed by atoms with Crippen molar-refractivity contribution in [2.24, 2.45) is 0 Å². The highest BCUT2D eigenvalue weighted by Crippen LogP contribution is 2.29. The molecular formula is C21H14O2S. The van der Waals surface area contributed by atoms with Gasteiger partial charge >= 0.3 is 5.97 Å². The van der Waals surface area contributed by atoms with Crippen LogP contribution >= 0.6 is 11.3 Å². The molecule has 0 bridgehead atoms. The zero-order valence-electron chi connectivity index (χ0n) is 12.8. The number of rotatable bonds is 3. The second-order valence-electron chi connectivity index (χ2n) is 5.50. The predicted molar refractivity (Wildman–Crippen MR) is 98.2 cm³/mol. The van der Waals surface area contributed by atoms with Crippen LogP contribution < -0.4 is 0 Å². The third-order valence-corrected chi connectivity index (χ3v) is 4.57. The third-order valence-electron chi connectivity index (χ3n) is 3.87. The summed E-state index contributed by atoms with van der Waals surface area (Å²) in [5.74, 6) is 0.296. The first-order chi connectivity index (χ1) is 11.8. The molecule has 0 saturated heterocycles. The van der Waals surface area contributed by atoms with Gasteiger partial charge in [-0.1, -0.05) is 54.6 Å². The van der Waals surface area contributed by atoms with Gasteiger partial charge in [0.25, 0.3) is 0 Å². The first-order valence-corrected chi connectivity index (χ1v) is 8.57. The molecule has 1 aromatic heterocycles. The second-order valence-corrected chi connectivity index (χ2v) is 6.28. The van der Waals surface area contributed by atoms with Crippen molar-refractivity contribution in [2.45, 2.75) is 0 Å². The molecule has 2 nitrogen and oxygen atoms in total. The van der Waals surface area contributed by atoms with Crippen LogP contribution in [-0.4, -0.2) is 5.97 Å². The Balaban J connectivity index is 1.61. The van der Waals surface area contributed by atoms with E-state index in [1.165, 1.54) is 5.56 Å². The number of thiophene rings is 1. The van der Waals surface area contributed by atoms with Crippen LogP contribution in [0.3, 0.4) is 0 Å². The minimum Gasteiger partial charge on any atom is -0.422 e. The normalized spacial score (nSPS) is 15.4. The number of carbonyl (C=O) groups is 1. The minimum absolute atomic E-state index is 0.302. The maximum Gasteiger partial charge on any atom is 0.343 e. The van der Waals surface area contributed by atoms with Crippen LogP contribution in [-0.2, 0) is 9.53 Å². The van der Waals surface area contributed by atoms with Crippen molar-refractivity contribution in [1.29, 1.82) is 0 Å². The largest absolute Gasteiger partial charge is 0.422 e.